The molecule has 0 aliphatic carbocycles. The fourth-order valence-electron chi connectivity index (χ4n) is 2.36. The molecule has 1 aromatic carbocycles. The van der Waals surface area contributed by atoms with Crippen LogP contribution in [0.2, 0.25) is 0 Å². The summed E-state index contributed by atoms with van der Waals surface area (Å²) in [6.07, 6.45) is 9.97. The summed E-state index contributed by atoms with van der Waals surface area (Å²) in [6.45, 7) is 4.39. The summed E-state index contributed by atoms with van der Waals surface area (Å²) in [5.74, 6) is 0.910. The summed E-state index contributed by atoms with van der Waals surface area (Å²) in [7, 11) is 0. The van der Waals surface area contributed by atoms with Gasteiger partial charge in [-0.2, -0.15) is 0 Å². The fraction of sp³-hybridized carbons (Fsp3) is 0.667. The molecule has 0 heterocycles. The van der Waals surface area contributed by atoms with Gasteiger partial charge in [0.2, 0.25) is 0 Å². The van der Waals surface area contributed by atoms with Crippen molar-refractivity contribution in [2.24, 2.45) is 0 Å². The minimum atomic E-state index is -0.309. The summed E-state index contributed by atoms with van der Waals surface area (Å²) >= 11 is 0. The Labute approximate surface area is 129 Å². The van der Waals surface area contributed by atoms with Crippen molar-refractivity contribution in [2.45, 2.75) is 71.3 Å². The van der Waals surface area contributed by atoms with E-state index in [4.69, 9.17) is 9.99 Å². The van der Waals surface area contributed by atoms with Crippen molar-refractivity contribution in [2.75, 3.05) is 6.61 Å². The van der Waals surface area contributed by atoms with Gasteiger partial charge in [0.15, 0.2) is 0 Å². The van der Waals surface area contributed by atoms with Crippen LogP contribution in [0.1, 0.15) is 64.4 Å². The van der Waals surface area contributed by atoms with Crippen LogP contribution in [-0.4, -0.2) is 18.0 Å². The average Bonchev–Trinajstić information content (AvgIpc) is 2.52. The van der Waals surface area contributed by atoms with Crippen molar-refractivity contribution in [3.8, 4) is 5.75 Å². The summed E-state index contributed by atoms with van der Waals surface area (Å²) in [6, 6.07) is 8.14. The smallest absolute Gasteiger partial charge is 0.124 e. The molecule has 0 radical (unpaired) electrons. The molecule has 0 spiro atoms. The maximum absolute atomic E-state index is 8.56. The summed E-state index contributed by atoms with van der Waals surface area (Å²) in [5, 5.41) is 8.56. The fourth-order valence-corrected chi connectivity index (χ4v) is 2.36. The Bertz CT molecular complexity index is 365. The van der Waals surface area contributed by atoms with Crippen molar-refractivity contribution in [3.63, 3.8) is 0 Å². The van der Waals surface area contributed by atoms with E-state index in [-0.39, 0.29) is 6.10 Å². The zero-order chi connectivity index (χ0) is 15.3. The molecular weight excluding hydrogens is 264 g/mol. The Kier molecular flexibility index (Phi) is 9.92. The molecule has 1 rings (SSSR count). The topological polar surface area (TPSA) is 38.7 Å². The highest BCUT2D eigenvalue weighted by Gasteiger charge is 2.06. The van der Waals surface area contributed by atoms with E-state index in [9.17, 15) is 0 Å². The Morgan fingerprint density at radius 1 is 1.00 bits per heavy atom. The molecule has 0 saturated carbocycles. The first-order valence-corrected chi connectivity index (χ1v) is 8.28. The number of rotatable bonds is 12. The Balaban J connectivity index is 2.27. The highest BCUT2D eigenvalue weighted by atomic mass is 17.1. The Morgan fingerprint density at radius 2 is 1.67 bits per heavy atom. The molecule has 0 aliphatic rings. The number of hydrogen-bond acceptors (Lipinski definition) is 3. The zero-order valence-corrected chi connectivity index (χ0v) is 13.5. The quantitative estimate of drug-likeness (QED) is 0.325. The van der Waals surface area contributed by atoms with Gasteiger partial charge in [-0.05, 0) is 31.4 Å². The molecule has 0 bridgehead atoms. The van der Waals surface area contributed by atoms with Crippen LogP contribution in [0, 0.1) is 0 Å². The molecule has 0 aromatic heterocycles. The number of hydrogen-bond donors (Lipinski definition) is 1. The minimum absolute atomic E-state index is 0.309. The summed E-state index contributed by atoms with van der Waals surface area (Å²) in [5.41, 5.74) is 1.25. The first-order chi connectivity index (χ1) is 10.3. The normalized spacial score (nSPS) is 12.3. The van der Waals surface area contributed by atoms with Gasteiger partial charge in [-0.3, -0.25) is 5.26 Å². The van der Waals surface area contributed by atoms with Crippen molar-refractivity contribution in [3.05, 3.63) is 29.8 Å². The second kappa shape index (κ2) is 11.6. The third kappa shape index (κ3) is 8.08. The van der Waals surface area contributed by atoms with Gasteiger partial charge in [0.1, 0.15) is 18.5 Å². The maximum Gasteiger partial charge on any atom is 0.124 e. The average molecular weight is 294 g/mol. The van der Waals surface area contributed by atoms with E-state index in [1.807, 2.05) is 12.1 Å². The monoisotopic (exact) mass is 294 g/mol. The van der Waals surface area contributed by atoms with E-state index in [0.29, 0.717) is 6.61 Å². The van der Waals surface area contributed by atoms with Crippen LogP contribution >= 0.6 is 0 Å². The predicted octanol–water partition coefficient (Wildman–Crippen LogP) is 5.24. The zero-order valence-electron chi connectivity index (χ0n) is 13.5. The van der Waals surface area contributed by atoms with Gasteiger partial charge < -0.3 is 4.74 Å². The maximum atomic E-state index is 8.56. The highest BCUT2D eigenvalue weighted by molar-refractivity contribution is 5.33. The molecule has 0 aliphatic heterocycles. The summed E-state index contributed by atoms with van der Waals surface area (Å²) < 4.78 is 5.71. The number of para-hydroxylation sites is 1. The molecule has 0 fully saturated rings. The Hall–Kier alpha value is -1.06. The number of ether oxygens (including phenoxy) is 1. The molecular formula is C18H30O3. The second-order valence-electron chi connectivity index (χ2n) is 5.71. The second-order valence-corrected chi connectivity index (χ2v) is 5.71. The number of benzene rings is 1. The number of unbranched alkanes of at least 4 members (excludes halogenated alkanes) is 6. The van der Waals surface area contributed by atoms with E-state index >= 15 is 0 Å². The lowest BCUT2D eigenvalue weighted by molar-refractivity contribution is -0.278. The lowest BCUT2D eigenvalue weighted by atomic mass is 10.0. The standard InChI is InChI=1S/C18H30O3/c1-3-4-5-6-7-8-9-12-17-13-10-11-14-18(17)20-15-16(2)21-19/h10-11,13-14,16,19H,3-9,12,15H2,1-2H3. The van der Waals surface area contributed by atoms with Gasteiger partial charge in [-0.1, -0.05) is 63.6 Å². The van der Waals surface area contributed by atoms with Crippen molar-refractivity contribution < 1.29 is 14.9 Å². The molecule has 0 saturated heterocycles. The van der Waals surface area contributed by atoms with Gasteiger partial charge in [0.05, 0.1) is 0 Å². The lowest BCUT2D eigenvalue weighted by Gasteiger charge is -2.13. The van der Waals surface area contributed by atoms with Crippen LogP contribution in [0.15, 0.2) is 24.3 Å². The highest BCUT2D eigenvalue weighted by Crippen LogP contribution is 2.21. The molecule has 21 heavy (non-hydrogen) atoms. The molecule has 3 nitrogen and oxygen atoms in total. The molecule has 1 unspecified atom stereocenters. The van der Waals surface area contributed by atoms with Crippen molar-refractivity contribution >= 4 is 0 Å². The molecule has 1 N–H and O–H groups in total. The Morgan fingerprint density at radius 3 is 2.38 bits per heavy atom. The molecule has 3 heteroatoms. The van der Waals surface area contributed by atoms with Crippen LogP contribution < -0.4 is 4.74 Å². The number of aryl methyl sites for hydroxylation is 1. The largest absolute Gasteiger partial charge is 0.490 e. The molecule has 0 amide bonds. The minimum Gasteiger partial charge on any atom is -0.490 e. The molecule has 1 atom stereocenters. The third-order valence-electron chi connectivity index (χ3n) is 3.68. The van der Waals surface area contributed by atoms with Crippen LogP contribution in [0.5, 0.6) is 5.75 Å². The van der Waals surface area contributed by atoms with Crippen molar-refractivity contribution in [1.29, 1.82) is 0 Å². The van der Waals surface area contributed by atoms with Gasteiger partial charge >= 0.3 is 0 Å². The van der Waals surface area contributed by atoms with Crippen LogP contribution in [0.4, 0.5) is 0 Å². The third-order valence-corrected chi connectivity index (χ3v) is 3.68. The van der Waals surface area contributed by atoms with Gasteiger partial charge in [-0.15, -0.1) is 0 Å². The van der Waals surface area contributed by atoms with Crippen LogP contribution in [-0.2, 0) is 11.3 Å². The first-order valence-electron chi connectivity index (χ1n) is 8.28. The van der Waals surface area contributed by atoms with E-state index in [0.717, 1.165) is 12.2 Å². The summed E-state index contributed by atoms with van der Waals surface area (Å²) in [4.78, 5) is 4.23. The van der Waals surface area contributed by atoms with E-state index < -0.39 is 0 Å². The SMILES string of the molecule is CCCCCCCCCc1ccccc1OCC(C)OO. The predicted molar refractivity (Wildman–Crippen MR) is 86.8 cm³/mol. The molecule has 120 valence electrons. The van der Waals surface area contributed by atoms with Crippen LogP contribution in [0.3, 0.4) is 0 Å². The lowest BCUT2D eigenvalue weighted by Crippen LogP contribution is -2.16. The van der Waals surface area contributed by atoms with Gasteiger partial charge in [-0.25, -0.2) is 4.89 Å². The van der Waals surface area contributed by atoms with Gasteiger partial charge in [0.25, 0.3) is 0 Å². The van der Waals surface area contributed by atoms with Crippen LogP contribution in [0.25, 0.3) is 0 Å². The first kappa shape index (κ1) is 18.0. The van der Waals surface area contributed by atoms with E-state index in [1.165, 1.54) is 50.5 Å². The van der Waals surface area contributed by atoms with Crippen molar-refractivity contribution in [1.82, 2.24) is 0 Å². The van der Waals surface area contributed by atoms with E-state index in [1.54, 1.807) is 6.92 Å². The molecule has 1 aromatic rings. The van der Waals surface area contributed by atoms with E-state index in [2.05, 4.69) is 23.9 Å². The van der Waals surface area contributed by atoms with Gasteiger partial charge in [0, 0.05) is 0 Å².